The van der Waals surface area contributed by atoms with Crippen molar-refractivity contribution in [1.29, 1.82) is 0 Å². The van der Waals surface area contributed by atoms with Crippen molar-refractivity contribution in [1.82, 2.24) is 10.2 Å². The van der Waals surface area contributed by atoms with Crippen molar-refractivity contribution >= 4 is 0 Å². The van der Waals surface area contributed by atoms with Gasteiger partial charge in [-0.1, -0.05) is 44.2 Å². The predicted octanol–water partition coefficient (Wildman–Crippen LogP) is 2.46. The molecule has 1 fully saturated rings. The second-order valence-corrected chi connectivity index (χ2v) is 6.70. The van der Waals surface area contributed by atoms with Crippen LogP contribution in [-0.4, -0.2) is 43.3 Å². The number of benzene rings is 1. The maximum Gasteiger partial charge on any atom is 0.0678 e. The highest BCUT2D eigenvalue weighted by atomic mass is 16.3. The molecule has 1 aromatic carbocycles. The van der Waals surface area contributed by atoms with Gasteiger partial charge in [0.05, 0.1) is 12.1 Å². The average molecular weight is 290 g/mol. The molecule has 0 amide bonds. The Labute approximate surface area is 129 Å². The van der Waals surface area contributed by atoms with Crippen molar-refractivity contribution in [2.75, 3.05) is 33.3 Å². The molecule has 0 aliphatic carbocycles. The number of nitrogens with one attached hydrogen (secondary N) is 1. The minimum Gasteiger partial charge on any atom is -0.394 e. The van der Waals surface area contributed by atoms with Crippen LogP contribution in [0.5, 0.6) is 0 Å². The Hall–Kier alpha value is -0.900. The molecule has 118 valence electrons. The summed E-state index contributed by atoms with van der Waals surface area (Å²) >= 11 is 0. The molecule has 0 spiro atoms. The first-order valence-electron chi connectivity index (χ1n) is 8.19. The predicted molar refractivity (Wildman–Crippen MR) is 88.3 cm³/mol. The standard InChI is InChI=1S/C18H30N2O/c1-15(2)16-9-11-20(13-16)12-10-18(14-21,19-3)17-7-5-4-6-8-17/h4-8,15-16,19,21H,9-14H2,1-3H3. The van der Waals surface area contributed by atoms with Crippen LogP contribution in [0.4, 0.5) is 0 Å². The van der Waals surface area contributed by atoms with Gasteiger partial charge < -0.3 is 15.3 Å². The maximum absolute atomic E-state index is 9.96. The molecule has 2 rings (SSSR count). The van der Waals surface area contributed by atoms with Crippen LogP contribution in [-0.2, 0) is 5.54 Å². The van der Waals surface area contributed by atoms with Crippen LogP contribution < -0.4 is 5.32 Å². The molecular weight excluding hydrogens is 260 g/mol. The Morgan fingerprint density at radius 1 is 1.33 bits per heavy atom. The lowest BCUT2D eigenvalue weighted by atomic mass is 9.87. The molecule has 2 unspecified atom stereocenters. The maximum atomic E-state index is 9.96. The third-order valence-electron chi connectivity index (χ3n) is 5.18. The zero-order valence-electron chi connectivity index (χ0n) is 13.7. The van der Waals surface area contributed by atoms with Gasteiger partial charge in [0.15, 0.2) is 0 Å². The summed E-state index contributed by atoms with van der Waals surface area (Å²) in [6.07, 6.45) is 2.25. The van der Waals surface area contributed by atoms with Crippen LogP contribution in [0.1, 0.15) is 32.3 Å². The summed E-state index contributed by atoms with van der Waals surface area (Å²) in [7, 11) is 1.95. The molecule has 2 atom stereocenters. The first-order chi connectivity index (χ1) is 10.1. The monoisotopic (exact) mass is 290 g/mol. The third-order valence-corrected chi connectivity index (χ3v) is 5.18. The Kier molecular flexibility index (Phi) is 5.80. The van der Waals surface area contributed by atoms with Gasteiger partial charge in [-0.3, -0.25) is 0 Å². The highest BCUT2D eigenvalue weighted by molar-refractivity contribution is 5.24. The largest absolute Gasteiger partial charge is 0.394 e. The van der Waals surface area contributed by atoms with E-state index in [2.05, 4.69) is 36.2 Å². The lowest BCUT2D eigenvalue weighted by Gasteiger charge is -2.34. The van der Waals surface area contributed by atoms with E-state index in [0.29, 0.717) is 0 Å². The highest BCUT2D eigenvalue weighted by Gasteiger charge is 2.32. The van der Waals surface area contributed by atoms with Gasteiger partial charge in [-0.05, 0) is 43.8 Å². The number of aliphatic hydroxyl groups is 1. The summed E-state index contributed by atoms with van der Waals surface area (Å²) in [5.74, 6) is 1.61. The van der Waals surface area contributed by atoms with Gasteiger partial charge in [0.2, 0.25) is 0 Å². The van der Waals surface area contributed by atoms with Crippen molar-refractivity contribution < 1.29 is 5.11 Å². The SMILES string of the molecule is CNC(CO)(CCN1CCC(C(C)C)C1)c1ccccc1. The van der Waals surface area contributed by atoms with E-state index in [1.807, 2.05) is 25.2 Å². The van der Waals surface area contributed by atoms with Crippen LogP contribution in [0.15, 0.2) is 30.3 Å². The Morgan fingerprint density at radius 3 is 2.57 bits per heavy atom. The van der Waals surface area contributed by atoms with E-state index >= 15 is 0 Å². The smallest absolute Gasteiger partial charge is 0.0678 e. The summed E-state index contributed by atoms with van der Waals surface area (Å²) in [6, 6.07) is 10.3. The first-order valence-corrected chi connectivity index (χ1v) is 8.19. The summed E-state index contributed by atoms with van der Waals surface area (Å²) in [4.78, 5) is 2.55. The van der Waals surface area contributed by atoms with E-state index in [1.165, 1.54) is 25.1 Å². The first kappa shape index (κ1) is 16.5. The van der Waals surface area contributed by atoms with Gasteiger partial charge in [0.1, 0.15) is 0 Å². The molecule has 1 aliphatic heterocycles. The zero-order valence-corrected chi connectivity index (χ0v) is 13.7. The minimum absolute atomic E-state index is 0.134. The molecular formula is C18H30N2O. The van der Waals surface area contributed by atoms with Gasteiger partial charge in [-0.15, -0.1) is 0 Å². The second kappa shape index (κ2) is 7.39. The van der Waals surface area contributed by atoms with E-state index in [4.69, 9.17) is 0 Å². The molecule has 0 radical (unpaired) electrons. The van der Waals surface area contributed by atoms with E-state index in [1.54, 1.807) is 0 Å². The molecule has 0 saturated carbocycles. The number of likely N-dealkylation sites (N-methyl/N-ethyl adjacent to an activating group) is 1. The number of rotatable bonds is 7. The molecule has 1 saturated heterocycles. The van der Waals surface area contributed by atoms with Gasteiger partial charge in [-0.25, -0.2) is 0 Å². The van der Waals surface area contributed by atoms with Gasteiger partial charge in [0.25, 0.3) is 0 Å². The van der Waals surface area contributed by atoms with E-state index in [9.17, 15) is 5.11 Å². The summed E-state index contributed by atoms with van der Waals surface area (Å²) in [6.45, 7) is 8.22. The number of aliphatic hydroxyl groups excluding tert-OH is 1. The van der Waals surface area contributed by atoms with Crippen molar-refractivity contribution in [2.45, 2.75) is 32.2 Å². The van der Waals surface area contributed by atoms with Crippen LogP contribution in [0, 0.1) is 11.8 Å². The molecule has 1 heterocycles. The van der Waals surface area contributed by atoms with Crippen LogP contribution in [0.3, 0.4) is 0 Å². The Bertz CT molecular complexity index is 414. The fraction of sp³-hybridized carbons (Fsp3) is 0.667. The number of nitrogens with zero attached hydrogens (tertiary/aromatic N) is 1. The fourth-order valence-electron chi connectivity index (χ4n) is 3.38. The minimum atomic E-state index is -0.322. The topological polar surface area (TPSA) is 35.5 Å². The second-order valence-electron chi connectivity index (χ2n) is 6.70. The Balaban J connectivity index is 1.98. The van der Waals surface area contributed by atoms with Crippen molar-refractivity contribution in [3.05, 3.63) is 35.9 Å². The van der Waals surface area contributed by atoms with Crippen LogP contribution in [0.2, 0.25) is 0 Å². The molecule has 1 aromatic rings. The quantitative estimate of drug-likeness (QED) is 0.810. The van der Waals surface area contributed by atoms with Crippen molar-refractivity contribution in [3.8, 4) is 0 Å². The molecule has 2 N–H and O–H groups in total. The summed E-state index contributed by atoms with van der Waals surface area (Å²) in [5.41, 5.74) is 0.853. The molecule has 0 bridgehead atoms. The molecule has 3 nitrogen and oxygen atoms in total. The fourth-order valence-corrected chi connectivity index (χ4v) is 3.38. The van der Waals surface area contributed by atoms with Gasteiger partial charge in [0, 0.05) is 13.1 Å². The van der Waals surface area contributed by atoms with E-state index in [0.717, 1.165) is 24.8 Å². The number of hydrogen-bond donors (Lipinski definition) is 2. The molecule has 1 aliphatic rings. The normalized spacial score (nSPS) is 22.6. The van der Waals surface area contributed by atoms with Gasteiger partial charge in [-0.2, -0.15) is 0 Å². The van der Waals surface area contributed by atoms with E-state index < -0.39 is 0 Å². The average Bonchev–Trinajstić information content (AvgIpc) is 2.99. The highest BCUT2D eigenvalue weighted by Crippen LogP contribution is 2.28. The van der Waals surface area contributed by atoms with Crippen molar-refractivity contribution in [3.63, 3.8) is 0 Å². The summed E-state index contributed by atoms with van der Waals surface area (Å²) < 4.78 is 0. The molecule has 0 aromatic heterocycles. The number of likely N-dealkylation sites (tertiary alicyclic amines) is 1. The zero-order chi connectivity index (χ0) is 15.3. The molecule has 21 heavy (non-hydrogen) atoms. The van der Waals surface area contributed by atoms with Gasteiger partial charge >= 0.3 is 0 Å². The van der Waals surface area contributed by atoms with Crippen LogP contribution >= 0.6 is 0 Å². The lowest BCUT2D eigenvalue weighted by Crippen LogP contribution is -2.46. The Morgan fingerprint density at radius 2 is 2.05 bits per heavy atom. The van der Waals surface area contributed by atoms with Crippen LogP contribution in [0.25, 0.3) is 0 Å². The molecule has 3 heteroatoms. The third kappa shape index (κ3) is 3.85. The van der Waals surface area contributed by atoms with E-state index in [-0.39, 0.29) is 12.1 Å². The number of hydrogen-bond acceptors (Lipinski definition) is 3. The lowest BCUT2D eigenvalue weighted by molar-refractivity contribution is 0.142. The van der Waals surface area contributed by atoms with Crippen molar-refractivity contribution in [2.24, 2.45) is 11.8 Å². The summed E-state index contributed by atoms with van der Waals surface area (Å²) in [5, 5.41) is 13.3.